The molecule has 3 N–H and O–H groups in total. The average molecular weight is 332 g/mol. The summed E-state index contributed by atoms with van der Waals surface area (Å²) < 4.78 is 1.16. The van der Waals surface area contributed by atoms with Crippen molar-refractivity contribution in [3.05, 3.63) is 20.8 Å². The molecule has 1 atom stereocenters. The quantitative estimate of drug-likeness (QED) is 0.894. The van der Waals surface area contributed by atoms with Gasteiger partial charge in [0, 0.05) is 30.1 Å². The number of piperidine rings is 1. The van der Waals surface area contributed by atoms with Crippen LogP contribution in [0.25, 0.3) is 0 Å². The van der Waals surface area contributed by atoms with Crippen molar-refractivity contribution in [1.29, 1.82) is 0 Å². The van der Waals surface area contributed by atoms with E-state index in [0.717, 1.165) is 29.7 Å². The number of primary amides is 1. The lowest BCUT2D eigenvalue weighted by Crippen LogP contribution is -2.47. The number of nitrogens with one attached hydrogen (secondary N) is 1. The highest BCUT2D eigenvalue weighted by Crippen LogP contribution is 2.28. The van der Waals surface area contributed by atoms with E-state index in [9.17, 15) is 4.79 Å². The van der Waals surface area contributed by atoms with Crippen molar-refractivity contribution in [1.82, 2.24) is 10.2 Å². The lowest BCUT2D eigenvalue weighted by Gasteiger charge is -2.32. The van der Waals surface area contributed by atoms with Crippen molar-refractivity contribution >= 4 is 33.3 Å². The molecule has 4 nitrogen and oxygen atoms in total. The molecule has 0 aromatic carbocycles. The minimum Gasteiger partial charge on any atom is -0.351 e. The van der Waals surface area contributed by atoms with Crippen molar-refractivity contribution < 1.29 is 4.79 Å². The summed E-state index contributed by atoms with van der Waals surface area (Å²) in [5.74, 6) is 0. The number of carbonyl (C=O) groups is 1. The molecule has 0 spiro atoms. The van der Waals surface area contributed by atoms with Crippen molar-refractivity contribution in [3.8, 4) is 0 Å². The second-order valence-corrected chi connectivity index (χ2v) is 7.12. The SMILES string of the molecule is C[C@@H](NC1CCN(C(N)=O)CC1)c1ccc(Br)s1. The first-order valence-electron chi connectivity index (χ1n) is 6.12. The van der Waals surface area contributed by atoms with E-state index in [4.69, 9.17) is 5.73 Å². The number of urea groups is 1. The largest absolute Gasteiger partial charge is 0.351 e. The Morgan fingerprint density at radius 3 is 2.72 bits per heavy atom. The molecule has 0 aliphatic carbocycles. The zero-order valence-electron chi connectivity index (χ0n) is 10.4. The Balaban J connectivity index is 1.83. The highest BCUT2D eigenvalue weighted by atomic mass is 79.9. The zero-order valence-corrected chi connectivity index (χ0v) is 12.8. The van der Waals surface area contributed by atoms with Crippen LogP contribution in [0.5, 0.6) is 0 Å². The zero-order chi connectivity index (χ0) is 13.1. The molecule has 100 valence electrons. The molecule has 6 heteroatoms. The summed E-state index contributed by atoms with van der Waals surface area (Å²) in [5.41, 5.74) is 5.27. The van der Waals surface area contributed by atoms with Crippen LogP contribution in [0, 0.1) is 0 Å². The van der Waals surface area contributed by atoms with Gasteiger partial charge in [0.05, 0.1) is 3.79 Å². The molecule has 0 radical (unpaired) electrons. The molecule has 1 fully saturated rings. The van der Waals surface area contributed by atoms with Gasteiger partial charge in [-0.2, -0.15) is 0 Å². The van der Waals surface area contributed by atoms with Crippen LogP contribution in [-0.4, -0.2) is 30.1 Å². The van der Waals surface area contributed by atoms with Crippen LogP contribution in [0.4, 0.5) is 4.79 Å². The molecule has 0 unspecified atom stereocenters. The Bertz CT molecular complexity index is 415. The molecule has 1 aliphatic rings. The lowest BCUT2D eigenvalue weighted by atomic mass is 10.0. The number of amides is 2. The highest BCUT2D eigenvalue weighted by Gasteiger charge is 2.22. The van der Waals surface area contributed by atoms with E-state index in [1.54, 1.807) is 16.2 Å². The molecule has 18 heavy (non-hydrogen) atoms. The number of hydrogen-bond acceptors (Lipinski definition) is 3. The molecule has 1 aromatic rings. The van der Waals surface area contributed by atoms with Crippen LogP contribution in [0.3, 0.4) is 0 Å². The molecule has 1 saturated heterocycles. The summed E-state index contributed by atoms with van der Waals surface area (Å²) in [6.45, 7) is 3.69. The van der Waals surface area contributed by atoms with Crippen LogP contribution < -0.4 is 11.1 Å². The predicted molar refractivity (Wildman–Crippen MR) is 77.7 cm³/mol. The Hall–Kier alpha value is -0.590. The van der Waals surface area contributed by atoms with Gasteiger partial charge in [-0.25, -0.2) is 4.79 Å². The second-order valence-electron chi connectivity index (χ2n) is 4.63. The number of carbonyl (C=O) groups excluding carboxylic acids is 1. The maximum absolute atomic E-state index is 11.0. The Morgan fingerprint density at radius 2 is 2.22 bits per heavy atom. The van der Waals surface area contributed by atoms with E-state index in [-0.39, 0.29) is 6.03 Å². The summed E-state index contributed by atoms with van der Waals surface area (Å²) in [6, 6.07) is 4.74. The minimum absolute atomic E-state index is 0.302. The molecule has 2 amide bonds. The van der Waals surface area contributed by atoms with Gasteiger partial charge < -0.3 is 16.0 Å². The summed E-state index contributed by atoms with van der Waals surface area (Å²) in [6.07, 6.45) is 1.94. The van der Waals surface area contributed by atoms with Gasteiger partial charge in [-0.15, -0.1) is 11.3 Å². The van der Waals surface area contributed by atoms with E-state index in [0.29, 0.717) is 12.1 Å². The van der Waals surface area contributed by atoms with E-state index in [1.807, 2.05) is 0 Å². The van der Waals surface area contributed by atoms with Crippen molar-refractivity contribution in [2.45, 2.75) is 31.8 Å². The molecule has 0 bridgehead atoms. The minimum atomic E-state index is -0.302. The third-order valence-corrected chi connectivity index (χ3v) is 5.12. The smallest absolute Gasteiger partial charge is 0.314 e. The van der Waals surface area contributed by atoms with E-state index in [1.165, 1.54) is 4.88 Å². The van der Waals surface area contributed by atoms with Gasteiger partial charge in [0.1, 0.15) is 0 Å². The van der Waals surface area contributed by atoms with E-state index >= 15 is 0 Å². The number of nitrogens with two attached hydrogens (primary N) is 1. The van der Waals surface area contributed by atoms with Crippen molar-refractivity contribution in [2.24, 2.45) is 5.73 Å². The molecule has 2 heterocycles. The predicted octanol–water partition coefficient (Wildman–Crippen LogP) is 2.70. The number of hydrogen-bond donors (Lipinski definition) is 2. The number of rotatable bonds is 3. The summed E-state index contributed by atoms with van der Waals surface area (Å²) in [4.78, 5) is 14.1. The lowest BCUT2D eigenvalue weighted by molar-refractivity contribution is 0.183. The normalized spacial score (nSPS) is 18.9. The van der Waals surface area contributed by atoms with E-state index in [2.05, 4.69) is 40.3 Å². The van der Waals surface area contributed by atoms with Gasteiger partial charge in [-0.1, -0.05) is 0 Å². The Labute approximate surface area is 120 Å². The van der Waals surface area contributed by atoms with Crippen molar-refractivity contribution in [2.75, 3.05) is 13.1 Å². The van der Waals surface area contributed by atoms with Crippen LogP contribution in [0.2, 0.25) is 0 Å². The van der Waals surface area contributed by atoms with Crippen LogP contribution in [0.1, 0.15) is 30.7 Å². The second kappa shape index (κ2) is 6.04. The number of thiophene rings is 1. The average Bonchev–Trinajstić information content (AvgIpc) is 2.76. The fourth-order valence-electron chi connectivity index (χ4n) is 2.26. The van der Waals surface area contributed by atoms with Gasteiger partial charge in [0.2, 0.25) is 0 Å². The molecule has 2 rings (SSSR count). The first-order chi connectivity index (χ1) is 8.56. The van der Waals surface area contributed by atoms with Gasteiger partial charge in [0.15, 0.2) is 0 Å². The van der Waals surface area contributed by atoms with Gasteiger partial charge >= 0.3 is 6.03 Å². The molecule has 1 aliphatic heterocycles. The maximum Gasteiger partial charge on any atom is 0.314 e. The Kier molecular flexibility index (Phi) is 4.64. The third kappa shape index (κ3) is 3.46. The number of halogens is 1. The van der Waals surface area contributed by atoms with Gasteiger partial charge in [-0.3, -0.25) is 0 Å². The fourth-order valence-corrected chi connectivity index (χ4v) is 3.70. The third-order valence-electron chi connectivity index (χ3n) is 3.31. The van der Waals surface area contributed by atoms with Gasteiger partial charge in [0.25, 0.3) is 0 Å². The van der Waals surface area contributed by atoms with Crippen LogP contribution in [0.15, 0.2) is 15.9 Å². The monoisotopic (exact) mass is 331 g/mol. The summed E-state index contributed by atoms with van der Waals surface area (Å²) in [7, 11) is 0. The molecular formula is C12H18BrN3OS. The van der Waals surface area contributed by atoms with Crippen molar-refractivity contribution in [3.63, 3.8) is 0 Å². The topological polar surface area (TPSA) is 58.4 Å². The summed E-state index contributed by atoms with van der Waals surface area (Å²) in [5, 5.41) is 3.62. The van der Waals surface area contributed by atoms with Gasteiger partial charge in [-0.05, 0) is 47.8 Å². The molecular weight excluding hydrogens is 314 g/mol. The first-order valence-corrected chi connectivity index (χ1v) is 7.73. The summed E-state index contributed by atoms with van der Waals surface area (Å²) >= 11 is 5.24. The van der Waals surface area contributed by atoms with Crippen LogP contribution in [-0.2, 0) is 0 Å². The number of nitrogens with zero attached hydrogens (tertiary/aromatic N) is 1. The number of likely N-dealkylation sites (tertiary alicyclic amines) is 1. The standard InChI is InChI=1S/C12H18BrN3OS/c1-8(10-2-3-11(13)18-10)15-9-4-6-16(7-5-9)12(14)17/h2-3,8-9,15H,4-7H2,1H3,(H2,14,17)/t8-/m1/s1. The first kappa shape index (κ1) is 13.8. The molecule has 0 saturated carbocycles. The highest BCUT2D eigenvalue weighted by molar-refractivity contribution is 9.11. The fraction of sp³-hybridized carbons (Fsp3) is 0.583. The Morgan fingerprint density at radius 1 is 1.56 bits per heavy atom. The maximum atomic E-state index is 11.0. The van der Waals surface area contributed by atoms with E-state index < -0.39 is 0 Å². The molecule has 1 aromatic heterocycles. The van der Waals surface area contributed by atoms with Crippen LogP contribution >= 0.6 is 27.3 Å².